The second-order valence-electron chi connectivity index (χ2n) is 18.4. The molecule has 16 nitrogen and oxygen atoms in total. The van der Waals surface area contributed by atoms with Crippen molar-refractivity contribution >= 4 is 45.2 Å². The van der Waals surface area contributed by atoms with Gasteiger partial charge in [-0.3, -0.25) is 19.2 Å². The van der Waals surface area contributed by atoms with E-state index in [1.165, 1.54) is 40.2 Å². The lowest BCUT2D eigenvalue weighted by Crippen LogP contribution is -2.46. The lowest BCUT2D eigenvalue weighted by atomic mass is 9.86. The van der Waals surface area contributed by atoms with E-state index in [4.69, 9.17) is 37.8 Å². The van der Waals surface area contributed by atoms with Gasteiger partial charge in [0.15, 0.2) is 11.3 Å². The fourth-order valence-corrected chi connectivity index (χ4v) is 9.40. The van der Waals surface area contributed by atoms with Crippen LogP contribution in [0.3, 0.4) is 0 Å². The number of amides is 1. The van der Waals surface area contributed by atoms with Crippen LogP contribution in [0.15, 0.2) is 87.8 Å². The molecular weight excluding hydrogens is 875 g/mol. The highest BCUT2D eigenvalue weighted by atomic mass is 16.7. The predicted molar refractivity (Wildman–Crippen MR) is 253 cm³/mol. The summed E-state index contributed by atoms with van der Waals surface area (Å²) in [7, 11) is 5.44. The van der Waals surface area contributed by atoms with Crippen LogP contribution in [0.1, 0.15) is 68.6 Å². The number of phenols is 1. The average molecular weight is 932 g/mol. The van der Waals surface area contributed by atoms with Crippen molar-refractivity contribution in [1.29, 1.82) is 0 Å². The molecule has 0 spiro atoms. The van der Waals surface area contributed by atoms with E-state index >= 15 is 0 Å². The van der Waals surface area contributed by atoms with Gasteiger partial charge in [0.1, 0.15) is 53.0 Å². The summed E-state index contributed by atoms with van der Waals surface area (Å²) >= 11 is 0. The largest absolute Gasteiger partial charge is 0.507 e. The zero-order valence-corrected chi connectivity index (χ0v) is 39.7. The van der Waals surface area contributed by atoms with Crippen molar-refractivity contribution in [2.75, 3.05) is 26.5 Å². The molecule has 1 saturated heterocycles. The number of aliphatic hydroxyl groups is 1. The molecule has 5 aliphatic heterocycles. The fourth-order valence-electron chi connectivity index (χ4n) is 9.40. The highest BCUT2D eigenvalue weighted by Crippen LogP contribution is 2.50. The van der Waals surface area contributed by atoms with Crippen LogP contribution in [0.25, 0.3) is 33.3 Å². The van der Waals surface area contributed by atoms with E-state index in [2.05, 4.69) is 10.2 Å². The number of ether oxygens (including phenoxy) is 6. The molecule has 3 aromatic rings. The number of fused-ring (bicyclic) bond motifs is 9. The minimum atomic E-state index is -2.04. The number of hydrogen-bond acceptors (Lipinski definition) is 15. The Morgan fingerprint density at radius 1 is 0.985 bits per heavy atom. The normalized spacial score (nSPS) is 28.1. The van der Waals surface area contributed by atoms with E-state index in [0.29, 0.717) is 17.8 Å². The number of ketones is 1. The minimum Gasteiger partial charge on any atom is -0.507 e. The first-order chi connectivity index (χ1) is 32.3. The molecule has 68 heavy (non-hydrogen) atoms. The minimum absolute atomic E-state index is 0.0122. The van der Waals surface area contributed by atoms with Crippen LogP contribution in [-0.2, 0) is 41.7 Å². The standard InChI is InChI=1S/C52H57N3O13/c1-25-14-13-15-26(2)51(61)54-41-44(59)38-37(40-48(41)66-36-22-33(18-19-34(36)53-40)63-24-32-17-12-11-16-31(32)23-55(8)9)39-46(28(4)42(38)57)68-52(7,50(39)60)64-21-20-35(62-10)27(3)47(65-30(6)56)49-43(58)29(5)45(25)67-49/h11-22,25,27,29,35,43,45,47,49,57-58H,23-24H2,1-10H3,(H,54,61)/b14-13+,21-20+,26-15-/t25-,27+,29-,35-,43+,45-,47+,49+,52-/m0/s1. The number of benzene rings is 4. The Morgan fingerprint density at radius 2 is 1.72 bits per heavy atom. The number of methoxy groups -OCH3 is 1. The summed E-state index contributed by atoms with van der Waals surface area (Å²) < 4.78 is 43.3. The number of carbonyl (C=O) groups excluding carboxylic acids is 3. The fraction of sp³-hybridized carbons (Fsp3) is 0.404. The summed E-state index contributed by atoms with van der Waals surface area (Å²) in [6.45, 7) is 12.2. The quantitative estimate of drug-likeness (QED) is 0.0829. The molecule has 5 heterocycles. The number of nitrogens with zero attached hydrogens (tertiary/aromatic N) is 2. The number of aromatic hydroxyl groups is 1. The molecule has 6 aliphatic rings. The van der Waals surface area contributed by atoms with Gasteiger partial charge in [-0.05, 0) is 57.3 Å². The summed E-state index contributed by atoms with van der Waals surface area (Å²) in [6, 6.07) is 13.0. The Kier molecular flexibility index (Phi) is 13.3. The Balaban J connectivity index is 1.29. The molecule has 9 atom stereocenters. The van der Waals surface area contributed by atoms with Crippen molar-refractivity contribution in [3.8, 4) is 28.7 Å². The number of phenolic OH excluding ortho intramolecular Hbond substituents is 1. The summed E-state index contributed by atoms with van der Waals surface area (Å²) in [6.07, 6.45) is 3.59. The van der Waals surface area contributed by atoms with Crippen molar-refractivity contribution in [3.63, 3.8) is 0 Å². The van der Waals surface area contributed by atoms with Gasteiger partial charge < -0.3 is 53.3 Å². The monoisotopic (exact) mass is 931 g/mol. The second kappa shape index (κ2) is 18.8. The van der Waals surface area contributed by atoms with Gasteiger partial charge in [0.2, 0.25) is 5.43 Å². The molecule has 7 bridgehead atoms. The Bertz CT molecular complexity index is 2940. The molecule has 1 amide bonds. The zero-order chi connectivity index (χ0) is 48.9. The van der Waals surface area contributed by atoms with E-state index in [9.17, 15) is 29.4 Å². The summed E-state index contributed by atoms with van der Waals surface area (Å²) in [5, 5.41) is 25.8. The molecule has 3 aromatic carbocycles. The van der Waals surface area contributed by atoms with Crippen LogP contribution < -0.4 is 20.2 Å². The lowest BCUT2D eigenvalue weighted by molar-refractivity contribution is -0.168. The summed E-state index contributed by atoms with van der Waals surface area (Å²) in [4.78, 5) is 63.2. The van der Waals surface area contributed by atoms with Crippen molar-refractivity contribution in [1.82, 2.24) is 9.88 Å². The van der Waals surface area contributed by atoms with Gasteiger partial charge in [0.25, 0.3) is 11.7 Å². The third-order valence-electron chi connectivity index (χ3n) is 13.2. The van der Waals surface area contributed by atoms with Crippen LogP contribution in [-0.4, -0.2) is 95.3 Å². The predicted octanol–water partition coefficient (Wildman–Crippen LogP) is 7.36. The number of rotatable bonds is 7. The number of Topliss-reactive ketones (excluding diaryl/α,β-unsaturated/α-hetero) is 1. The van der Waals surface area contributed by atoms with Crippen LogP contribution in [0, 0.1) is 24.7 Å². The first-order valence-electron chi connectivity index (χ1n) is 22.6. The Labute approximate surface area is 393 Å². The van der Waals surface area contributed by atoms with Crippen LogP contribution >= 0.6 is 0 Å². The topological polar surface area (TPSA) is 205 Å². The molecule has 9 rings (SSSR count). The SMILES string of the molecule is CO[C@H]1/C=C/O[C@@]2(C)Oc3c(C)c(O)c4c(=O)c(c5oc6cc(OCc7ccccc7CN(C)C)ccc6nc-5c4c3C2=O)NC(=O)/C(C)=C\C=C\[C@H](C)[C@@H]2O[C@H]([C@H](O)[C@@H]2C)[C@H](OC(C)=O)[C@@H]1C. The first kappa shape index (κ1) is 47.9. The molecule has 0 radical (unpaired) electrons. The third-order valence-corrected chi connectivity index (χ3v) is 13.2. The van der Waals surface area contributed by atoms with E-state index in [1.807, 2.05) is 58.3 Å². The Morgan fingerprint density at radius 3 is 2.43 bits per heavy atom. The molecule has 3 N–H and O–H groups in total. The highest BCUT2D eigenvalue weighted by molar-refractivity contribution is 6.22. The van der Waals surface area contributed by atoms with Crippen molar-refractivity contribution in [2.45, 2.75) is 97.9 Å². The maximum Gasteiger partial charge on any atom is 0.312 e. The molecule has 358 valence electrons. The average Bonchev–Trinajstić information content (AvgIpc) is 3.74. The molecule has 1 fully saturated rings. The van der Waals surface area contributed by atoms with Crippen LogP contribution in [0.2, 0.25) is 0 Å². The molecule has 1 aliphatic carbocycles. The number of esters is 1. The maximum absolute atomic E-state index is 14.9. The van der Waals surface area contributed by atoms with E-state index in [-0.39, 0.29) is 68.5 Å². The van der Waals surface area contributed by atoms with Crippen molar-refractivity contribution in [2.24, 2.45) is 17.8 Å². The van der Waals surface area contributed by atoms with Crippen molar-refractivity contribution < 1.29 is 57.4 Å². The van der Waals surface area contributed by atoms with E-state index in [0.717, 1.165) is 11.1 Å². The summed E-state index contributed by atoms with van der Waals surface area (Å²) in [5.41, 5.74) is 1.61. The number of carbonyl (C=O) groups is 3. The van der Waals surface area contributed by atoms with Gasteiger partial charge in [-0.1, -0.05) is 63.3 Å². The van der Waals surface area contributed by atoms with Crippen LogP contribution in [0.4, 0.5) is 5.69 Å². The van der Waals surface area contributed by atoms with Gasteiger partial charge in [-0.25, -0.2) is 4.98 Å². The number of nitrogens with one attached hydrogen (secondary N) is 1. The molecule has 0 aromatic heterocycles. The number of hydrogen-bond donors (Lipinski definition) is 3. The highest BCUT2D eigenvalue weighted by Gasteiger charge is 2.51. The van der Waals surface area contributed by atoms with Crippen LogP contribution in [0.5, 0.6) is 17.2 Å². The van der Waals surface area contributed by atoms with E-state index in [1.54, 1.807) is 44.2 Å². The van der Waals surface area contributed by atoms with Gasteiger partial charge in [-0.2, -0.15) is 0 Å². The second-order valence-corrected chi connectivity index (χ2v) is 18.4. The lowest BCUT2D eigenvalue weighted by Gasteiger charge is -2.33. The van der Waals surface area contributed by atoms with Gasteiger partial charge >= 0.3 is 11.8 Å². The first-order valence-corrected chi connectivity index (χ1v) is 22.6. The van der Waals surface area contributed by atoms with Crippen molar-refractivity contribution in [3.05, 3.63) is 111 Å². The number of aromatic nitrogens is 1. The number of anilines is 1. The maximum atomic E-state index is 14.9. The zero-order valence-electron chi connectivity index (χ0n) is 39.7. The molecule has 16 heteroatoms. The van der Waals surface area contributed by atoms with E-state index < -0.39 is 77.0 Å². The molecular formula is C52H57N3O13. The van der Waals surface area contributed by atoms with Gasteiger partial charge in [-0.15, -0.1) is 0 Å². The van der Waals surface area contributed by atoms with Gasteiger partial charge in [0, 0.05) is 67.8 Å². The molecule has 0 unspecified atom stereocenters. The third kappa shape index (κ3) is 8.73. The number of allylic oxidation sites excluding steroid dienone is 2. The summed E-state index contributed by atoms with van der Waals surface area (Å²) in [5.74, 6) is -5.57. The number of aliphatic hydroxyl groups excluding tert-OH is 1. The Hall–Kier alpha value is -6.59. The molecule has 0 saturated carbocycles. The smallest absolute Gasteiger partial charge is 0.312 e. The van der Waals surface area contributed by atoms with Gasteiger partial charge in [0.05, 0.1) is 35.5 Å².